The molecule has 0 radical (unpaired) electrons. The maximum atomic E-state index is 9.40. The van der Waals surface area contributed by atoms with Crippen LogP contribution in [0.25, 0.3) is 0 Å². The number of hydrogen-bond donors (Lipinski definition) is 3. The quantitative estimate of drug-likeness (QED) is 0.730. The van der Waals surface area contributed by atoms with Gasteiger partial charge in [0.2, 0.25) is 0 Å². The second-order valence-corrected chi connectivity index (χ2v) is 6.25. The van der Waals surface area contributed by atoms with E-state index in [1.165, 1.54) is 32.6 Å². The van der Waals surface area contributed by atoms with E-state index >= 15 is 0 Å². The zero-order valence-corrected chi connectivity index (χ0v) is 16.6. The van der Waals surface area contributed by atoms with Crippen molar-refractivity contribution in [2.45, 2.75) is 72.0 Å². The van der Waals surface area contributed by atoms with E-state index in [-0.39, 0.29) is 12.2 Å². The second-order valence-electron chi connectivity index (χ2n) is 6.25. The van der Waals surface area contributed by atoms with Crippen LogP contribution in [0.3, 0.4) is 0 Å². The molecule has 0 aromatic heterocycles. The molecule has 0 spiro atoms. The Balaban J connectivity index is 0.000000490. The fraction of sp³-hybridized carbons (Fsp3) is 1.00. The third-order valence-corrected chi connectivity index (χ3v) is 4.57. The van der Waals surface area contributed by atoms with Gasteiger partial charge in [-0.2, -0.15) is 0 Å². The van der Waals surface area contributed by atoms with Crippen molar-refractivity contribution in [3.8, 4) is 0 Å². The molecule has 0 unspecified atom stereocenters. The van der Waals surface area contributed by atoms with E-state index in [0.717, 1.165) is 51.9 Å². The Labute approximate surface area is 150 Å². The highest BCUT2D eigenvalue weighted by Crippen LogP contribution is 2.16. The van der Waals surface area contributed by atoms with Crippen LogP contribution in [-0.4, -0.2) is 84.6 Å². The van der Waals surface area contributed by atoms with Crippen LogP contribution in [0, 0.1) is 0 Å². The number of aliphatic hydroxyl groups is 2. The van der Waals surface area contributed by atoms with E-state index in [1.807, 2.05) is 27.7 Å². The summed E-state index contributed by atoms with van der Waals surface area (Å²) in [6, 6.07) is 0. The molecule has 146 valence electrons. The zero-order chi connectivity index (χ0) is 18.2. The van der Waals surface area contributed by atoms with Crippen molar-refractivity contribution in [2.24, 2.45) is 0 Å². The van der Waals surface area contributed by atoms with Crippen LogP contribution in [0.15, 0.2) is 0 Å². The Hall–Kier alpha value is -0.200. The van der Waals surface area contributed by atoms with E-state index in [2.05, 4.69) is 15.1 Å². The maximum absolute atomic E-state index is 9.40. The van der Waals surface area contributed by atoms with Crippen molar-refractivity contribution in [2.75, 3.05) is 52.4 Å². The monoisotopic (exact) mass is 345 g/mol. The molecule has 2 saturated heterocycles. The summed E-state index contributed by atoms with van der Waals surface area (Å²) in [6.45, 7) is 17.2. The van der Waals surface area contributed by atoms with Crippen molar-refractivity contribution in [3.63, 3.8) is 0 Å². The summed E-state index contributed by atoms with van der Waals surface area (Å²) in [5.74, 6) is 0. The third-order valence-electron chi connectivity index (χ3n) is 4.57. The first-order valence-corrected chi connectivity index (χ1v) is 10.3. The molecule has 0 aromatic rings. The van der Waals surface area contributed by atoms with Crippen LogP contribution in [0.4, 0.5) is 0 Å². The van der Waals surface area contributed by atoms with Crippen molar-refractivity contribution in [3.05, 3.63) is 0 Å². The molecule has 3 aliphatic rings. The third kappa shape index (κ3) is 11.4. The van der Waals surface area contributed by atoms with Gasteiger partial charge in [-0.3, -0.25) is 4.90 Å². The Kier molecular flexibility index (Phi) is 16.1. The SMILES string of the molecule is CC.CC.OC1CCC1.OC1CCN(CCN2CCNCC2)CC1. The minimum atomic E-state index is -0.0413. The average molecular weight is 346 g/mol. The lowest BCUT2D eigenvalue weighted by Crippen LogP contribution is -2.47. The van der Waals surface area contributed by atoms with Gasteiger partial charge in [0.25, 0.3) is 0 Å². The lowest BCUT2D eigenvalue weighted by Gasteiger charge is -2.33. The smallest absolute Gasteiger partial charge is 0.0564 e. The summed E-state index contributed by atoms with van der Waals surface area (Å²) in [5.41, 5.74) is 0. The van der Waals surface area contributed by atoms with E-state index in [9.17, 15) is 5.11 Å². The summed E-state index contributed by atoms with van der Waals surface area (Å²) < 4.78 is 0. The first-order chi connectivity index (χ1) is 11.7. The van der Waals surface area contributed by atoms with E-state index in [1.54, 1.807) is 0 Å². The first kappa shape index (κ1) is 23.8. The Bertz CT molecular complexity index is 249. The van der Waals surface area contributed by atoms with Gasteiger partial charge in [-0.15, -0.1) is 0 Å². The number of piperidine rings is 1. The largest absolute Gasteiger partial charge is 0.393 e. The molecule has 24 heavy (non-hydrogen) atoms. The van der Waals surface area contributed by atoms with Crippen molar-refractivity contribution < 1.29 is 10.2 Å². The summed E-state index contributed by atoms with van der Waals surface area (Å²) in [5, 5.41) is 21.2. The molecule has 0 atom stereocenters. The van der Waals surface area contributed by atoms with Gasteiger partial charge < -0.3 is 20.4 Å². The fourth-order valence-electron chi connectivity index (χ4n) is 2.75. The van der Waals surface area contributed by atoms with Gasteiger partial charge in [0.05, 0.1) is 12.2 Å². The van der Waals surface area contributed by atoms with Crippen LogP contribution in [0.1, 0.15) is 59.8 Å². The van der Waals surface area contributed by atoms with Crippen molar-refractivity contribution >= 4 is 0 Å². The highest BCUT2D eigenvalue weighted by molar-refractivity contribution is 4.74. The van der Waals surface area contributed by atoms with Crippen LogP contribution >= 0.6 is 0 Å². The molecule has 0 amide bonds. The van der Waals surface area contributed by atoms with E-state index in [0.29, 0.717) is 0 Å². The topological polar surface area (TPSA) is 59.0 Å². The standard InChI is InChI=1S/C11H23N3O.C4H8O.2C2H6/c15-11-1-5-13(6-2-11)9-10-14-7-3-12-4-8-14;5-4-2-1-3-4;2*1-2/h11-12,15H,1-10H2;4-5H,1-3H2;2*1-2H3. The number of rotatable bonds is 3. The van der Waals surface area contributed by atoms with Gasteiger partial charge in [-0.05, 0) is 32.1 Å². The lowest BCUT2D eigenvalue weighted by molar-refractivity contribution is 0.0757. The molecule has 3 fully saturated rings. The molecule has 3 N–H and O–H groups in total. The number of hydrogen-bond acceptors (Lipinski definition) is 5. The molecule has 5 heteroatoms. The van der Waals surface area contributed by atoms with Gasteiger partial charge in [0.1, 0.15) is 0 Å². The summed E-state index contributed by atoms with van der Waals surface area (Å²) in [7, 11) is 0. The number of nitrogens with zero attached hydrogens (tertiary/aromatic N) is 2. The molecule has 2 aliphatic heterocycles. The fourth-order valence-corrected chi connectivity index (χ4v) is 2.75. The Morgan fingerprint density at radius 1 is 0.708 bits per heavy atom. The van der Waals surface area contributed by atoms with Gasteiger partial charge in [0, 0.05) is 52.4 Å². The number of piperazine rings is 1. The second kappa shape index (κ2) is 16.3. The maximum Gasteiger partial charge on any atom is 0.0564 e. The van der Waals surface area contributed by atoms with Crippen LogP contribution in [-0.2, 0) is 0 Å². The van der Waals surface area contributed by atoms with Gasteiger partial charge in [-0.1, -0.05) is 27.7 Å². The molecule has 0 bridgehead atoms. The highest BCUT2D eigenvalue weighted by Gasteiger charge is 2.17. The molecule has 5 nitrogen and oxygen atoms in total. The van der Waals surface area contributed by atoms with Crippen LogP contribution in [0.2, 0.25) is 0 Å². The van der Waals surface area contributed by atoms with Crippen LogP contribution < -0.4 is 5.32 Å². The highest BCUT2D eigenvalue weighted by atomic mass is 16.3. The molecule has 3 rings (SSSR count). The van der Waals surface area contributed by atoms with Gasteiger partial charge in [-0.25, -0.2) is 0 Å². The van der Waals surface area contributed by atoms with E-state index in [4.69, 9.17) is 5.11 Å². The normalized spacial score (nSPS) is 22.8. The molecule has 2 heterocycles. The van der Waals surface area contributed by atoms with Gasteiger partial charge in [0.15, 0.2) is 0 Å². The van der Waals surface area contributed by atoms with E-state index < -0.39 is 0 Å². The summed E-state index contributed by atoms with van der Waals surface area (Å²) in [4.78, 5) is 5.01. The van der Waals surface area contributed by atoms with Crippen molar-refractivity contribution in [1.82, 2.24) is 15.1 Å². The first-order valence-electron chi connectivity index (χ1n) is 10.3. The zero-order valence-electron chi connectivity index (χ0n) is 16.6. The molecule has 0 aromatic carbocycles. The predicted octanol–water partition coefficient (Wildman–Crippen LogP) is 1.93. The predicted molar refractivity (Wildman–Crippen MR) is 104 cm³/mol. The minimum Gasteiger partial charge on any atom is -0.393 e. The summed E-state index contributed by atoms with van der Waals surface area (Å²) in [6.07, 6.45) is 5.26. The van der Waals surface area contributed by atoms with Crippen LogP contribution in [0.5, 0.6) is 0 Å². The number of likely N-dealkylation sites (tertiary alicyclic amines) is 1. The van der Waals surface area contributed by atoms with Crippen molar-refractivity contribution in [1.29, 1.82) is 0 Å². The van der Waals surface area contributed by atoms with Gasteiger partial charge >= 0.3 is 0 Å². The number of aliphatic hydroxyl groups excluding tert-OH is 2. The minimum absolute atomic E-state index is 0.0413. The molecule has 1 aliphatic carbocycles. The average Bonchev–Trinajstić information content (AvgIpc) is 2.64. The molecular formula is C19H43N3O2. The lowest BCUT2D eigenvalue weighted by atomic mass is 9.97. The summed E-state index contributed by atoms with van der Waals surface area (Å²) >= 11 is 0. The molecular weight excluding hydrogens is 302 g/mol. The Morgan fingerprint density at radius 2 is 1.08 bits per heavy atom. The Morgan fingerprint density at radius 3 is 1.46 bits per heavy atom. The molecule has 1 saturated carbocycles. The number of nitrogens with one attached hydrogen (secondary N) is 1.